The van der Waals surface area contributed by atoms with Crippen molar-refractivity contribution in [2.24, 2.45) is 0 Å². The lowest BCUT2D eigenvalue weighted by Gasteiger charge is -2.31. The average Bonchev–Trinajstić information content (AvgIpc) is 3.08. The molecule has 0 aliphatic carbocycles. The normalized spacial score (nSPS) is 19.0. The molecule has 0 N–H and O–H groups in total. The monoisotopic (exact) mass is 282 g/mol. The highest BCUT2D eigenvalue weighted by atomic mass is 16.2. The molecule has 1 aliphatic heterocycles. The summed E-state index contributed by atoms with van der Waals surface area (Å²) in [5, 5.41) is 4.18. The molecule has 5 heteroatoms. The number of benzene rings is 1. The van der Waals surface area contributed by atoms with Gasteiger partial charge in [-0.25, -0.2) is 9.67 Å². The minimum atomic E-state index is 0.0590. The van der Waals surface area contributed by atoms with Gasteiger partial charge in [0.1, 0.15) is 12.7 Å². The summed E-state index contributed by atoms with van der Waals surface area (Å²) in [6.07, 6.45) is 8.81. The van der Waals surface area contributed by atoms with Crippen LogP contribution >= 0.6 is 0 Å². The van der Waals surface area contributed by atoms with Crippen LogP contribution in [-0.4, -0.2) is 38.7 Å². The molecule has 1 saturated heterocycles. The second kappa shape index (κ2) is 6.35. The molecular weight excluding hydrogens is 264 g/mol. The number of hydrogen-bond acceptors (Lipinski definition) is 3. The van der Waals surface area contributed by atoms with E-state index in [0.717, 1.165) is 24.9 Å². The Bertz CT molecular complexity index is 606. The summed E-state index contributed by atoms with van der Waals surface area (Å²) < 4.78 is 1.85. The van der Waals surface area contributed by atoms with Gasteiger partial charge in [0, 0.05) is 19.2 Å². The quantitative estimate of drug-likeness (QED) is 0.811. The highest BCUT2D eigenvalue weighted by Gasteiger charge is 2.23. The smallest absolute Gasteiger partial charge is 0.246 e. The van der Waals surface area contributed by atoms with E-state index in [1.165, 1.54) is 6.33 Å². The summed E-state index contributed by atoms with van der Waals surface area (Å²) >= 11 is 0. The minimum Gasteiger partial charge on any atom is -0.337 e. The van der Waals surface area contributed by atoms with Crippen molar-refractivity contribution in [2.45, 2.75) is 18.9 Å². The van der Waals surface area contributed by atoms with Gasteiger partial charge in [-0.3, -0.25) is 4.79 Å². The van der Waals surface area contributed by atoms with Crippen molar-refractivity contribution in [3.63, 3.8) is 0 Å². The van der Waals surface area contributed by atoms with E-state index in [2.05, 4.69) is 10.1 Å². The Balaban J connectivity index is 1.63. The van der Waals surface area contributed by atoms with Crippen LogP contribution in [0.25, 0.3) is 6.08 Å². The van der Waals surface area contributed by atoms with Gasteiger partial charge in [0.05, 0.1) is 6.04 Å². The largest absolute Gasteiger partial charge is 0.337 e. The maximum Gasteiger partial charge on any atom is 0.246 e. The van der Waals surface area contributed by atoms with Gasteiger partial charge in [-0.1, -0.05) is 30.3 Å². The third-order valence-electron chi connectivity index (χ3n) is 3.74. The van der Waals surface area contributed by atoms with Gasteiger partial charge in [-0.15, -0.1) is 0 Å². The van der Waals surface area contributed by atoms with Crippen LogP contribution in [0.3, 0.4) is 0 Å². The number of aromatic nitrogens is 3. The Labute approximate surface area is 123 Å². The van der Waals surface area contributed by atoms with Crippen LogP contribution in [-0.2, 0) is 4.79 Å². The molecule has 0 bridgehead atoms. The average molecular weight is 282 g/mol. The van der Waals surface area contributed by atoms with Gasteiger partial charge in [0.25, 0.3) is 0 Å². The number of piperidine rings is 1. The summed E-state index contributed by atoms with van der Waals surface area (Å²) in [5.74, 6) is 0.0590. The molecule has 1 aromatic carbocycles. The highest BCUT2D eigenvalue weighted by Crippen LogP contribution is 2.20. The Hall–Kier alpha value is -2.43. The molecule has 1 atom stereocenters. The van der Waals surface area contributed by atoms with E-state index < -0.39 is 0 Å². The first kappa shape index (κ1) is 13.5. The van der Waals surface area contributed by atoms with Crippen molar-refractivity contribution >= 4 is 12.0 Å². The van der Waals surface area contributed by atoms with E-state index in [0.29, 0.717) is 6.54 Å². The molecule has 2 aromatic rings. The lowest BCUT2D eigenvalue weighted by Crippen LogP contribution is -2.40. The van der Waals surface area contributed by atoms with Crippen LogP contribution in [0, 0.1) is 0 Å². The number of carbonyl (C=O) groups is 1. The van der Waals surface area contributed by atoms with E-state index in [1.807, 2.05) is 46.0 Å². The molecule has 1 fully saturated rings. The number of likely N-dealkylation sites (tertiary alicyclic amines) is 1. The van der Waals surface area contributed by atoms with E-state index >= 15 is 0 Å². The van der Waals surface area contributed by atoms with Gasteiger partial charge < -0.3 is 4.90 Å². The third kappa shape index (κ3) is 3.37. The second-order valence-electron chi connectivity index (χ2n) is 5.20. The zero-order chi connectivity index (χ0) is 14.5. The zero-order valence-electron chi connectivity index (χ0n) is 11.8. The zero-order valence-corrected chi connectivity index (χ0v) is 11.8. The molecular formula is C16H18N4O. The van der Waals surface area contributed by atoms with Crippen LogP contribution in [0.2, 0.25) is 0 Å². The van der Waals surface area contributed by atoms with E-state index in [4.69, 9.17) is 0 Å². The van der Waals surface area contributed by atoms with Crippen molar-refractivity contribution in [1.29, 1.82) is 0 Å². The molecule has 3 rings (SSSR count). The van der Waals surface area contributed by atoms with E-state index in [1.54, 1.807) is 12.4 Å². The maximum atomic E-state index is 12.3. The minimum absolute atomic E-state index is 0.0590. The van der Waals surface area contributed by atoms with Crippen LogP contribution < -0.4 is 0 Å². The first-order valence-electron chi connectivity index (χ1n) is 7.19. The fourth-order valence-corrected chi connectivity index (χ4v) is 2.61. The van der Waals surface area contributed by atoms with Gasteiger partial charge in [0.15, 0.2) is 0 Å². The summed E-state index contributed by atoms with van der Waals surface area (Å²) in [4.78, 5) is 18.1. The molecule has 1 amide bonds. The molecule has 1 aromatic heterocycles. The lowest BCUT2D eigenvalue weighted by molar-refractivity contribution is -0.127. The number of amides is 1. The van der Waals surface area contributed by atoms with Crippen molar-refractivity contribution in [2.75, 3.05) is 13.1 Å². The summed E-state index contributed by atoms with van der Waals surface area (Å²) in [5.41, 5.74) is 1.04. The summed E-state index contributed by atoms with van der Waals surface area (Å²) in [7, 11) is 0. The Kier molecular flexibility index (Phi) is 4.09. The summed E-state index contributed by atoms with van der Waals surface area (Å²) in [6, 6.07) is 10.1. The number of hydrogen-bond donors (Lipinski definition) is 0. The molecule has 1 aliphatic rings. The van der Waals surface area contributed by atoms with Crippen LogP contribution in [0.15, 0.2) is 49.1 Å². The number of rotatable bonds is 3. The maximum absolute atomic E-state index is 12.3. The molecule has 0 spiro atoms. The Morgan fingerprint density at radius 2 is 2.14 bits per heavy atom. The van der Waals surface area contributed by atoms with Crippen LogP contribution in [0.4, 0.5) is 0 Å². The predicted octanol–water partition coefficient (Wildman–Crippen LogP) is 2.16. The number of nitrogens with zero attached hydrogens (tertiary/aromatic N) is 4. The first-order valence-corrected chi connectivity index (χ1v) is 7.19. The Morgan fingerprint density at radius 3 is 2.90 bits per heavy atom. The van der Waals surface area contributed by atoms with Crippen molar-refractivity contribution in [3.8, 4) is 0 Å². The van der Waals surface area contributed by atoms with E-state index in [-0.39, 0.29) is 11.9 Å². The molecule has 108 valence electrons. The molecule has 0 radical (unpaired) electrons. The second-order valence-corrected chi connectivity index (χ2v) is 5.20. The predicted molar refractivity (Wildman–Crippen MR) is 80.3 cm³/mol. The first-order chi connectivity index (χ1) is 10.3. The Morgan fingerprint density at radius 1 is 1.29 bits per heavy atom. The SMILES string of the molecule is O=C(/C=C/c1ccccc1)N1CCC[C@@H](n2cncn2)C1. The lowest BCUT2D eigenvalue weighted by atomic mass is 10.1. The van der Waals surface area contributed by atoms with Crippen molar-refractivity contribution in [1.82, 2.24) is 19.7 Å². The van der Waals surface area contributed by atoms with Crippen molar-refractivity contribution in [3.05, 3.63) is 54.6 Å². The number of carbonyl (C=O) groups excluding carboxylic acids is 1. The van der Waals surface area contributed by atoms with Gasteiger partial charge in [-0.2, -0.15) is 5.10 Å². The fraction of sp³-hybridized carbons (Fsp3) is 0.312. The third-order valence-corrected chi connectivity index (χ3v) is 3.74. The summed E-state index contributed by atoms with van der Waals surface area (Å²) in [6.45, 7) is 1.50. The van der Waals surface area contributed by atoms with Gasteiger partial charge in [-0.05, 0) is 24.5 Å². The van der Waals surface area contributed by atoms with Gasteiger partial charge >= 0.3 is 0 Å². The fourth-order valence-electron chi connectivity index (χ4n) is 2.61. The molecule has 5 nitrogen and oxygen atoms in total. The molecule has 0 saturated carbocycles. The van der Waals surface area contributed by atoms with Crippen molar-refractivity contribution < 1.29 is 4.79 Å². The van der Waals surface area contributed by atoms with E-state index in [9.17, 15) is 4.79 Å². The topological polar surface area (TPSA) is 51.0 Å². The van der Waals surface area contributed by atoms with Crippen LogP contribution in [0.5, 0.6) is 0 Å². The standard InChI is InChI=1S/C16H18N4O/c21-16(9-8-14-5-2-1-3-6-14)19-10-4-7-15(11-19)20-13-17-12-18-20/h1-3,5-6,8-9,12-13,15H,4,7,10-11H2/b9-8+/t15-/m1/s1. The van der Waals surface area contributed by atoms with Gasteiger partial charge in [0.2, 0.25) is 5.91 Å². The molecule has 2 heterocycles. The van der Waals surface area contributed by atoms with Crippen LogP contribution in [0.1, 0.15) is 24.4 Å². The molecule has 0 unspecified atom stereocenters. The highest BCUT2D eigenvalue weighted by molar-refractivity contribution is 5.91. The molecule has 21 heavy (non-hydrogen) atoms.